The predicted molar refractivity (Wildman–Crippen MR) is 116 cm³/mol. The Morgan fingerprint density at radius 2 is 1.78 bits per heavy atom. The quantitative estimate of drug-likeness (QED) is 0.694. The van der Waals surface area contributed by atoms with Crippen LogP contribution in [0.2, 0.25) is 0 Å². The summed E-state index contributed by atoms with van der Waals surface area (Å²) in [5.41, 5.74) is 2.94. The van der Waals surface area contributed by atoms with Gasteiger partial charge in [-0.3, -0.25) is 19.4 Å². The van der Waals surface area contributed by atoms with Gasteiger partial charge in [0.2, 0.25) is 5.91 Å². The summed E-state index contributed by atoms with van der Waals surface area (Å²) in [6.45, 7) is 3.61. The molecule has 2 unspecified atom stereocenters. The molecule has 2 aliphatic heterocycles. The Hall–Kier alpha value is -3.95. The van der Waals surface area contributed by atoms with Crippen molar-refractivity contribution >= 4 is 29.1 Å². The first-order valence-electron chi connectivity index (χ1n) is 9.98. The summed E-state index contributed by atoms with van der Waals surface area (Å²) in [6, 6.07) is 8.51. The summed E-state index contributed by atoms with van der Waals surface area (Å²) in [5.74, 6) is -0.512. The topological polar surface area (TPSA) is 113 Å². The second kappa shape index (κ2) is 8.29. The van der Waals surface area contributed by atoms with Crippen LogP contribution in [0.5, 0.6) is 11.5 Å². The van der Waals surface area contributed by atoms with Crippen LogP contribution in [0.3, 0.4) is 0 Å². The normalized spacial score (nSPS) is 19.4. The molecule has 3 amide bonds. The van der Waals surface area contributed by atoms with Gasteiger partial charge in [-0.2, -0.15) is 5.11 Å². The van der Waals surface area contributed by atoms with E-state index in [4.69, 9.17) is 9.47 Å². The van der Waals surface area contributed by atoms with Gasteiger partial charge in [-0.1, -0.05) is 17.4 Å². The molecule has 0 spiro atoms. The fourth-order valence-electron chi connectivity index (χ4n) is 3.78. The molecule has 2 heterocycles. The van der Waals surface area contributed by atoms with Crippen molar-refractivity contribution in [3.8, 4) is 11.5 Å². The average Bonchev–Trinajstić information content (AvgIpc) is 3.29. The van der Waals surface area contributed by atoms with Crippen LogP contribution in [0.1, 0.15) is 11.1 Å². The fraction of sp³-hybridized carbons (Fsp3) is 0.318. The molecule has 0 aromatic heterocycles. The second-order valence-electron chi connectivity index (χ2n) is 7.61. The molecule has 0 aliphatic carbocycles. The molecule has 1 saturated heterocycles. The highest BCUT2D eigenvalue weighted by atomic mass is 16.5. The Morgan fingerprint density at radius 3 is 2.50 bits per heavy atom. The number of carbonyl (C=O) groups excluding carboxylic acids is 3. The van der Waals surface area contributed by atoms with Crippen LogP contribution in [0, 0.1) is 13.8 Å². The van der Waals surface area contributed by atoms with Crippen molar-refractivity contribution in [3.63, 3.8) is 0 Å². The number of ether oxygens (including phenoxy) is 2. The van der Waals surface area contributed by atoms with Crippen molar-refractivity contribution in [1.82, 2.24) is 5.01 Å². The van der Waals surface area contributed by atoms with E-state index in [-0.39, 0.29) is 12.5 Å². The number of carbonyl (C=O) groups is 3. The molecule has 1 N–H and O–H groups in total. The molecular formula is C22H23N5O5. The van der Waals surface area contributed by atoms with Crippen LogP contribution in [0.4, 0.5) is 11.4 Å². The van der Waals surface area contributed by atoms with Gasteiger partial charge in [-0.05, 0) is 43.2 Å². The number of imide groups is 1. The maximum Gasteiger partial charge on any atom is 0.263 e. The molecule has 4 rings (SSSR count). The van der Waals surface area contributed by atoms with Gasteiger partial charge in [0.05, 0.1) is 19.9 Å². The largest absolute Gasteiger partial charge is 0.493 e. The number of nitrogens with zero attached hydrogens (tertiary/aromatic N) is 4. The highest BCUT2D eigenvalue weighted by Gasteiger charge is 2.55. The standard InChI is InChI=1S/C22H23N5O5/c1-12-5-6-13(2)15(9-12)23-18(28)11-26-20-19(24-25-26)21(29)27(22(20)30)14-7-8-16(31-3)17(10-14)32-4/h5-10,19-20H,11H2,1-4H3,(H,23,28). The van der Waals surface area contributed by atoms with Crippen molar-refractivity contribution in [2.75, 3.05) is 31.0 Å². The molecule has 32 heavy (non-hydrogen) atoms. The summed E-state index contributed by atoms with van der Waals surface area (Å²) in [5, 5.41) is 12.0. The van der Waals surface area contributed by atoms with Crippen molar-refractivity contribution in [3.05, 3.63) is 47.5 Å². The van der Waals surface area contributed by atoms with Crippen LogP contribution < -0.4 is 19.7 Å². The van der Waals surface area contributed by atoms with Crippen molar-refractivity contribution in [1.29, 1.82) is 0 Å². The van der Waals surface area contributed by atoms with Gasteiger partial charge in [0.15, 0.2) is 23.6 Å². The van der Waals surface area contributed by atoms with Gasteiger partial charge in [-0.15, -0.1) is 0 Å². The van der Waals surface area contributed by atoms with Crippen molar-refractivity contribution in [2.45, 2.75) is 25.9 Å². The first-order valence-corrected chi connectivity index (χ1v) is 9.98. The molecule has 166 valence electrons. The number of methoxy groups -OCH3 is 2. The summed E-state index contributed by atoms with van der Waals surface area (Å²) in [4.78, 5) is 39.7. The number of rotatable bonds is 6. The van der Waals surface area contributed by atoms with Gasteiger partial charge in [0, 0.05) is 11.8 Å². The lowest BCUT2D eigenvalue weighted by molar-refractivity contribution is -0.123. The van der Waals surface area contributed by atoms with Gasteiger partial charge < -0.3 is 14.8 Å². The number of amides is 3. The minimum Gasteiger partial charge on any atom is -0.493 e. The lowest BCUT2D eigenvalue weighted by atomic mass is 10.1. The molecule has 2 aromatic carbocycles. The Morgan fingerprint density at radius 1 is 1.03 bits per heavy atom. The molecule has 2 aromatic rings. The van der Waals surface area contributed by atoms with Crippen LogP contribution >= 0.6 is 0 Å². The van der Waals surface area contributed by atoms with E-state index in [0.717, 1.165) is 16.0 Å². The van der Waals surface area contributed by atoms with E-state index < -0.39 is 23.9 Å². The third-order valence-corrected chi connectivity index (χ3v) is 5.46. The molecule has 2 aliphatic rings. The number of nitrogens with one attached hydrogen (secondary N) is 1. The SMILES string of the molecule is COc1ccc(N2C(=O)C3N=NN(CC(=O)Nc4cc(C)ccc4C)C3C2=O)cc1OC. The monoisotopic (exact) mass is 437 g/mol. The predicted octanol–water partition coefficient (Wildman–Crippen LogP) is 2.25. The molecule has 10 heteroatoms. The minimum atomic E-state index is -0.996. The van der Waals surface area contributed by atoms with Crippen LogP contribution in [0.25, 0.3) is 0 Å². The number of hydrogen-bond acceptors (Lipinski definition) is 8. The van der Waals surface area contributed by atoms with E-state index in [1.54, 1.807) is 18.2 Å². The zero-order valence-corrected chi connectivity index (χ0v) is 18.2. The molecule has 0 radical (unpaired) electrons. The molecule has 1 fully saturated rings. The highest BCUT2D eigenvalue weighted by molar-refractivity contribution is 6.25. The van der Waals surface area contributed by atoms with Gasteiger partial charge in [0.25, 0.3) is 11.8 Å². The molecule has 0 bridgehead atoms. The number of fused-ring (bicyclic) bond motifs is 1. The van der Waals surface area contributed by atoms with E-state index >= 15 is 0 Å². The maximum absolute atomic E-state index is 13.1. The van der Waals surface area contributed by atoms with E-state index in [2.05, 4.69) is 15.7 Å². The molecule has 2 atom stereocenters. The minimum absolute atomic E-state index is 0.211. The lowest BCUT2D eigenvalue weighted by Gasteiger charge is -2.21. The summed E-state index contributed by atoms with van der Waals surface area (Å²) in [6.07, 6.45) is 0. The average molecular weight is 437 g/mol. The van der Waals surface area contributed by atoms with E-state index in [0.29, 0.717) is 22.9 Å². The van der Waals surface area contributed by atoms with Gasteiger partial charge in [-0.25, -0.2) is 4.90 Å². The highest BCUT2D eigenvalue weighted by Crippen LogP contribution is 2.36. The first kappa shape index (κ1) is 21.3. The van der Waals surface area contributed by atoms with E-state index in [1.807, 2.05) is 32.0 Å². The fourth-order valence-corrected chi connectivity index (χ4v) is 3.78. The van der Waals surface area contributed by atoms with E-state index in [9.17, 15) is 14.4 Å². The Labute approximate surface area is 184 Å². The van der Waals surface area contributed by atoms with Gasteiger partial charge in [0.1, 0.15) is 6.54 Å². The van der Waals surface area contributed by atoms with Crippen molar-refractivity contribution < 1.29 is 23.9 Å². The second-order valence-corrected chi connectivity index (χ2v) is 7.61. The number of anilines is 2. The molecular weight excluding hydrogens is 414 g/mol. The maximum atomic E-state index is 13.1. The van der Waals surface area contributed by atoms with Gasteiger partial charge >= 0.3 is 0 Å². The smallest absolute Gasteiger partial charge is 0.263 e. The molecule has 0 saturated carbocycles. The van der Waals surface area contributed by atoms with E-state index in [1.165, 1.54) is 19.2 Å². The van der Waals surface area contributed by atoms with Crippen molar-refractivity contribution in [2.24, 2.45) is 10.3 Å². The summed E-state index contributed by atoms with van der Waals surface area (Å²) < 4.78 is 10.5. The first-order chi connectivity index (χ1) is 15.3. The van der Waals surface area contributed by atoms with Crippen LogP contribution in [-0.2, 0) is 14.4 Å². The number of benzene rings is 2. The van der Waals surface area contributed by atoms with Crippen LogP contribution in [-0.4, -0.2) is 55.6 Å². The summed E-state index contributed by atoms with van der Waals surface area (Å²) in [7, 11) is 2.96. The lowest BCUT2D eigenvalue weighted by Crippen LogP contribution is -2.43. The number of aryl methyl sites for hydroxylation is 2. The Kier molecular flexibility index (Phi) is 5.52. The Balaban J connectivity index is 1.52. The third-order valence-electron chi connectivity index (χ3n) is 5.46. The number of hydrogen-bond donors (Lipinski definition) is 1. The third kappa shape index (κ3) is 3.64. The zero-order valence-electron chi connectivity index (χ0n) is 18.2. The Bertz CT molecular complexity index is 1130. The molecule has 10 nitrogen and oxygen atoms in total. The zero-order chi connectivity index (χ0) is 23.0. The van der Waals surface area contributed by atoms with Crippen LogP contribution in [0.15, 0.2) is 46.7 Å². The summed E-state index contributed by atoms with van der Waals surface area (Å²) >= 11 is 0.